The number of fused-ring (bicyclic) bond motifs is 7. The van der Waals surface area contributed by atoms with Crippen LogP contribution in [0.25, 0.3) is 96.4 Å². The summed E-state index contributed by atoms with van der Waals surface area (Å²) >= 11 is 3.61. The zero-order valence-electron chi connectivity index (χ0n) is 25.6. The Bertz CT molecular complexity index is 2860. The minimum absolute atomic E-state index is 0.658. The molecule has 0 aliphatic rings. The number of rotatable bonds is 4. The van der Waals surface area contributed by atoms with E-state index >= 15 is 0 Å². The minimum Gasteiger partial charge on any atom is -0.208 e. The standard InChI is InChI=1S/C43H25N3S2/c1-2-10-27-23-29(20-19-26(27)9-1)28-11-7-12-30(24-28)41-44-42(31-21-22-33-32-13-3-5-16-36(32)48-39(33)25-31)46-43(45-41)35-15-8-18-38-40(35)34-14-4-6-17-37(34)47-38/h1-25H. The van der Waals surface area contributed by atoms with Gasteiger partial charge in [0.05, 0.1) is 0 Å². The maximum atomic E-state index is 5.20. The van der Waals surface area contributed by atoms with Gasteiger partial charge < -0.3 is 0 Å². The number of aromatic nitrogens is 3. The highest BCUT2D eigenvalue weighted by Crippen LogP contribution is 2.41. The van der Waals surface area contributed by atoms with Gasteiger partial charge in [-0.05, 0) is 58.3 Å². The lowest BCUT2D eigenvalue weighted by atomic mass is 9.99. The summed E-state index contributed by atoms with van der Waals surface area (Å²) < 4.78 is 4.99. The minimum atomic E-state index is 0.658. The molecule has 10 rings (SSSR count). The number of benzene rings is 7. The first-order valence-corrected chi connectivity index (χ1v) is 17.6. The van der Waals surface area contributed by atoms with Crippen molar-refractivity contribution in [3.63, 3.8) is 0 Å². The zero-order valence-corrected chi connectivity index (χ0v) is 27.2. The largest absolute Gasteiger partial charge is 0.208 e. The number of nitrogens with zero attached hydrogens (tertiary/aromatic N) is 3. The molecule has 3 nitrogen and oxygen atoms in total. The van der Waals surface area contributed by atoms with Crippen LogP contribution < -0.4 is 0 Å². The molecule has 7 aromatic carbocycles. The first-order valence-electron chi connectivity index (χ1n) is 15.9. The fourth-order valence-corrected chi connectivity index (χ4v) is 9.06. The average molecular weight is 648 g/mol. The molecule has 0 saturated heterocycles. The van der Waals surface area contributed by atoms with Crippen LogP contribution in [-0.4, -0.2) is 15.0 Å². The van der Waals surface area contributed by atoms with Crippen molar-refractivity contribution in [1.29, 1.82) is 0 Å². The van der Waals surface area contributed by atoms with Gasteiger partial charge >= 0.3 is 0 Å². The molecule has 3 aromatic heterocycles. The molecule has 0 aliphatic heterocycles. The van der Waals surface area contributed by atoms with Crippen LogP contribution in [0, 0.1) is 0 Å². The maximum absolute atomic E-state index is 5.20. The van der Waals surface area contributed by atoms with Gasteiger partial charge in [0.1, 0.15) is 0 Å². The molecule has 10 aromatic rings. The Labute approximate surface area is 284 Å². The highest BCUT2D eigenvalue weighted by molar-refractivity contribution is 7.26. The highest BCUT2D eigenvalue weighted by atomic mass is 32.1. The van der Waals surface area contributed by atoms with E-state index in [1.165, 1.54) is 51.1 Å². The normalized spacial score (nSPS) is 11.8. The smallest absolute Gasteiger partial charge is 0.164 e. The second-order valence-electron chi connectivity index (χ2n) is 12.0. The first kappa shape index (κ1) is 27.4. The molecular formula is C43H25N3S2. The third-order valence-corrected chi connectivity index (χ3v) is 11.4. The lowest BCUT2D eigenvalue weighted by Gasteiger charge is -2.11. The van der Waals surface area contributed by atoms with Crippen molar-refractivity contribution in [2.24, 2.45) is 0 Å². The van der Waals surface area contributed by atoms with Crippen LogP contribution in [0.5, 0.6) is 0 Å². The predicted molar refractivity (Wildman–Crippen MR) is 205 cm³/mol. The van der Waals surface area contributed by atoms with E-state index in [2.05, 4.69) is 152 Å². The molecule has 0 saturated carbocycles. The summed E-state index contributed by atoms with van der Waals surface area (Å²) in [6, 6.07) is 53.9. The van der Waals surface area contributed by atoms with E-state index in [1.807, 2.05) is 0 Å². The first-order chi connectivity index (χ1) is 23.7. The second kappa shape index (κ2) is 10.9. The van der Waals surface area contributed by atoms with Crippen LogP contribution >= 0.6 is 22.7 Å². The molecule has 0 N–H and O–H groups in total. The monoisotopic (exact) mass is 647 g/mol. The van der Waals surface area contributed by atoms with Gasteiger partial charge in [-0.15, -0.1) is 22.7 Å². The van der Waals surface area contributed by atoms with Crippen LogP contribution in [0.2, 0.25) is 0 Å². The van der Waals surface area contributed by atoms with Crippen molar-refractivity contribution >= 4 is 73.8 Å². The highest BCUT2D eigenvalue weighted by Gasteiger charge is 2.18. The summed E-state index contributed by atoms with van der Waals surface area (Å²) in [5, 5.41) is 7.40. The number of hydrogen-bond acceptors (Lipinski definition) is 5. The van der Waals surface area contributed by atoms with Crippen molar-refractivity contribution < 1.29 is 0 Å². The molecule has 0 fully saturated rings. The lowest BCUT2D eigenvalue weighted by Crippen LogP contribution is -2.00. The summed E-state index contributed by atoms with van der Waals surface area (Å²) in [5.74, 6) is 2.00. The van der Waals surface area contributed by atoms with Gasteiger partial charge in [0, 0.05) is 57.0 Å². The zero-order chi connectivity index (χ0) is 31.6. The second-order valence-corrected chi connectivity index (χ2v) is 14.2. The molecule has 224 valence electrons. The van der Waals surface area contributed by atoms with Gasteiger partial charge in [-0.25, -0.2) is 15.0 Å². The van der Waals surface area contributed by atoms with E-state index in [9.17, 15) is 0 Å². The van der Waals surface area contributed by atoms with E-state index in [0.717, 1.165) is 27.8 Å². The van der Waals surface area contributed by atoms with Crippen LogP contribution in [0.1, 0.15) is 0 Å². The quantitative estimate of drug-likeness (QED) is 0.191. The van der Waals surface area contributed by atoms with Crippen molar-refractivity contribution in [3.05, 3.63) is 152 Å². The molecular weight excluding hydrogens is 623 g/mol. The summed E-state index contributed by atoms with van der Waals surface area (Å²) in [7, 11) is 0. The summed E-state index contributed by atoms with van der Waals surface area (Å²) in [4.78, 5) is 15.6. The van der Waals surface area contributed by atoms with Gasteiger partial charge in [0.2, 0.25) is 0 Å². The van der Waals surface area contributed by atoms with E-state index < -0.39 is 0 Å². The van der Waals surface area contributed by atoms with Gasteiger partial charge in [0.25, 0.3) is 0 Å². The number of hydrogen-bond donors (Lipinski definition) is 0. The van der Waals surface area contributed by atoms with Crippen molar-refractivity contribution in [3.8, 4) is 45.3 Å². The molecule has 0 bridgehead atoms. The van der Waals surface area contributed by atoms with E-state index in [4.69, 9.17) is 15.0 Å². The molecule has 0 aliphatic carbocycles. The Morgan fingerprint density at radius 2 is 0.917 bits per heavy atom. The fourth-order valence-electron chi connectivity index (χ4n) is 6.79. The average Bonchev–Trinajstić information content (AvgIpc) is 3.72. The van der Waals surface area contributed by atoms with Gasteiger partial charge in [-0.3, -0.25) is 0 Å². The molecule has 0 spiro atoms. The van der Waals surface area contributed by atoms with Gasteiger partial charge in [-0.2, -0.15) is 0 Å². The molecule has 3 heterocycles. The van der Waals surface area contributed by atoms with E-state index in [1.54, 1.807) is 22.7 Å². The summed E-state index contributed by atoms with van der Waals surface area (Å²) in [6.07, 6.45) is 0. The Hall–Kier alpha value is -5.75. The van der Waals surface area contributed by atoms with Crippen molar-refractivity contribution in [2.75, 3.05) is 0 Å². The van der Waals surface area contributed by atoms with E-state index in [-0.39, 0.29) is 0 Å². The molecule has 48 heavy (non-hydrogen) atoms. The van der Waals surface area contributed by atoms with Crippen molar-refractivity contribution in [1.82, 2.24) is 15.0 Å². The predicted octanol–water partition coefficient (Wildman–Crippen LogP) is 12.4. The van der Waals surface area contributed by atoms with Gasteiger partial charge in [0.15, 0.2) is 17.5 Å². The van der Waals surface area contributed by atoms with Crippen LogP contribution in [0.4, 0.5) is 0 Å². The Morgan fingerprint density at radius 1 is 0.333 bits per heavy atom. The fraction of sp³-hybridized carbons (Fsp3) is 0. The van der Waals surface area contributed by atoms with Crippen LogP contribution in [0.3, 0.4) is 0 Å². The van der Waals surface area contributed by atoms with Crippen molar-refractivity contribution in [2.45, 2.75) is 0 Å². The third-order valence-electron chi connectivity index (χ3n) is 9.12. The summed E-state index contributed by atoms with van der Waals surface area (Å²) in [6.45, 7) is 0. The Balaban J connectivity index is 1.19. The van der Waals surface area contributed by atoms with Crippen LogP contribution in [-0.2, 0) is 0 Å². The number of thiophene rings is 2. The molecule has 0 radical (unpaired) electrons. The topological polar surface area (TPSA) is 38.7 Å². The molecule has 5 heteroatoms. The SMILES string of the molecule is c1cc(-c2ccc3ccccc3c2)cc(-c2nc(-c3ccc4c(c3)sc3ccccc34)nc(-c3cccc4sc5ccccc5c34)n2)c1. The lowest BCUT2D eigenvalue weighted by molar-refractivity contribution is 1.08. The molecule has 0 atom stereocenters. The molecule has 0 amide bonds. The Kier molecular flexibility index (Phi) is 6.22. The van der Waals surface area contributed by atoms with E-state index in [0.29, 0.717) is 17.5 Å². The Morgan fingerprint density at radius 3 is 1.79 bits per heavy atom. The molecule has 0 unspecified atom stereocenters. The third kappa shape index (κ3) is 4.51. The summed E-state index contributed by atoms with van der Waals surface area (Å²) in [5.41, 5.74) is 5.24. The van der Waals surface area contributed by atoms with Crippen LogP contribution in [0.15, 0.2) is 152 Å². The van der Waals surface area contributed by atoms with Gasteiger partial charge in [-0.1, -0.05) is 115 Å². The maximum Gasteiger partial charge on any atom is 0.164 e.